The molecule has 45 heavy (non-hydrogen) atoms. The minimum absolute atomic E-state index is 0.0785. The number of halogens is 1. The van der Waals surface area contributed by atoms with Gasteiger partial charge in [0, 0.05) is 13.1 Å². The van der Waals surface area contributed by atoms with Crippen LogP contribution in [0.3, 0.4) is 0 Å². The number of nitrogens with zero attached hydrogens (tertiary/aromatic N) is 1. The maximum Gasteiger partial charge on any atom is 0.254 e. The van der Waals surface area contributed by atoms with Crippen LogP contribution in [0.1, 0.15) is 59.8 Å². The molecule has 0 unspecified atom stereocenters. The number of aryl methyl sites for hydroxylation is 2. The SMILES string of the molecule is CCOc1cccc(C[C@H](NC(=O)c2cccc(N)c2Cl)[C@H](O)C(=O)N2CCC(C)(C)[C@H]2C(=O)NCc2c(C)cccc2C)c1. The molecule has 9 nitrogen and oxygen atoms in total. The average Bonchev–Trinajstić information content (AvgIpc) is 3.32. The zero-order valence-electron chi connectivity index (χ0n) is 26.5. The normalized spacial score (nSPS) is 17.0. The Morgan fingerprint density at radius 2 is 1.76 bits per heavy atom. The molecule has 1 fully saturated rings. The Hall–Kier alpha value is -4.08. The van der Waals surface area contributed by atoms with Gasteiger partial charge in [-0.1, -0.05) is 61.8 Å². The van der Waals surface area contributed by atoms with Gasteiger partial charge in [0.05, 0.1) is 28.9 Å². The fourth-order valence-corrected chi connectivity index (χ4v) is 6.18. The second-order valence-corrected chi connectivity index (χ2v) is 12.7. The monoisotopic (exact) mass is 634 g/mol. The summed E-state index contributed by atoms with van der Waals surface area (Å²) in [6.45, 7) is 10.8. The minimum Gasteiger partial charge on any atom is -0.494 e. The van der Waals surface area contributed by atoms with Gasteiger partial charge in [-0.25, -0.2) is 0 Å². The molecular weight excluding hydrogens is 592 g/mol. The van der Waals surface area contributed by atoms with Crippen molar-refractivity contribution >= 4 is 35.0 Å². The summed E-state index contributed by atoms with van der Waals surface area (Å²) in [4.78, 5) is 42.6. The number of ether oxygens (including phenoxy) is 1. The molecule has 5 N–H and O–H groups in total. The van der Waals surface area contributed by atoms with Crippen LogP contribution in [0.25, 0.3) is 0 Å². The van der Waals surface area contributed by atoms with Crippen molar-refractivity contribution in [2.45, 2.75) is 72.2 Å². The molecule has 4 rings (SSSR count). The Labute approximate surface area is 270 Å². The standard InChI is InChI=1S/C35H43ClN4O5/c1-6-45-24-13-8-12-23(18-24)19-28(39-32(42)25-14-9-15-27(37)29(25)36)30(41)34(44)40-17-16-35(4,5)31(40)33(43)38-20-26-21(2)10-7-11-22(26)3/h7-15,18,28,30-31,41H,6,16-17,19-20,37H2,1-5H3,(H,38,43)(H,39,42)/t28-,30-,31+/m0/s1. The Morgan fingerprint density at radius 1 is 1.09 bits per heavy atom. The van der Waals surface area contributed by atoms with E-state index >= 15 is 0 Å². The average molecular weight is 635 g/mol. The Bertz CT molecular complexity index is 1540. The fourth-order valence-electron chi connectivity index (χ4n) is 5.97. The van der Waals surface area contributed by atoms with Gasteiger partial charge in [-0.15, -0.1) is 0 Å². The lowest BCUT2D eigenvalue weighted by molar-refractivity contribution is -0.148. The number of carbonyl (C=O) groups is 3. The molecule has 1 aliphatic heterocycles. The Kier molecular flexibility index (Phi) is 10.8. The Morgan fingerprint density at radius 3 is 2.44 bits per heavy atom. The summed E-state index contributed by atoms with van der Waals surface area (Å²) >= 11 is 6.33. The maximum atomic E-state index is 14.0. The van der Waals surface area contributed by atoms with Gasteiger partial charge in [-0.3, -0.25) is 14.4 Å². The second-order valence-electron chi connectivity index (χ2n) is 12.3. The number of aliphatic hydroxyl groups is 1. The molecule has 240 valence electrons. The Balaban J connectivity index is 1.60. The van der Waals surface area contributed by atoms with E-state index in [-0.39, 0.29) is 35.1 Å². The third-order valence-corrected chi connectivity index (χ3v) is 8.97. The summed E-state index contributed by atoms with van der Waals surface area (Å²) < 4.78 is 5.63. The van der Waals surface area contributed by atoms with Crippen molar-refractivity contribution in [3.63, 3.8) is 0 Å². The summed E-state index contributed by atoms with van der Waals surface area (Å²) in [6.07, 6.45) is -0.980. The van der Waals surface area contributed by atoms with E-state index in [1.54, 1.807) is 18.2 Å². The van der Waals surface area contributed by atoms with Crippen molar-refractivity contribution in [2.75, 3.05) is 18.9 Å². The topological polar surface area (TPSA) is 134 Å². The molecule has 3 aromatic rings. The largest absolute Gasteiger partial charge is 0.494 e. The molecule has 0 aliphatic carbocycles. The van der Waals surface area contributed by atoms with Crippen LogP contribution in [-0.4, -0.2) is 59.1 Å². The van der Waals surface area contributed by atoms with E-state index in [0.29, 0.717) is 25.3 Å². The van der Waals surface area contributed by atoms with Crippen LogP contribution >= 0.6 is 11.6 Å². The molecule has 0 bridgehead atoms. The van der Waals surface area contributed by atoms with Crippen molar-refractivity contribution in [2.24, 2.45) is 5.41 Å². The molecule has 1 heterocycles. The fraction of sp³-hybridized carbons (Fsp3) is 0.400. The van der Waals surface area contributed by atoms with Gasteiger partial charge in [0.2, 0.25) is 5.91 Å². The number of hydrogen-bond donors (Lipinski definition) is 4. The van der Waals surface area contributed by atoms with Crippen molar-refractivity contribution in [3.05, 3.63) is 93.5 Å². The first-order chi connectivity index (χ1) is 21.3. The van der Waals surface area contributed by atoms with Crippen LogP contribution in [0.5, 0.6) is 5.75 Å². The van der Waals surface area contributed by atoms with Crippen molar-refractivity contribution in [3.8, 4) is 5.75 Å². The molecule has 0 spiro atoms. The summed E-state index contributed by atoms with van der Waals surface area (Å²) in [5, 5.41) is 17.5. The zero-order valence-corrected chi connectivity index (χ0v) is 27.3. The van der Waals surface area contributed by atoms with Crippen molar-refractivity contribution in [1.82, 2.24) is 15.5 Å². The molecule has 3 atom stereocenters. The first kappa shape index (κ1) is 33.8. The van der Waals surface area contributed by atoms with Gasteiger partial charge >= 0.3 is 0 Å². The lowest BCUT2D eigenvalue weighted by atomic mass is 9.84. The van der Waals surface area contributed by atoms with Gasteiger partial charge < -0.3 is 31.1 Å². The number of rotatable bonds is 11. The zero-order chi connectivity index (χ0) is 32.9. The smallest absolute Gasteiger partial charge is 0.254 e. The van der Waals surface area contributed by atoms with Crippen molar-refractivity contribution < 1.29 is 24.2 Å². The highest BCUT2D eigenvalue weighted by atomic mass is 35.5. The summed E-state index contributed by atoms with van der Waals surface area (Å²) in [7, 11) is 0. The van der Waals surface area contributed by atoms with E-state index in [2.05, 4.69) is 10.6 Å². The molecule has 10 heteroatoms. The van der Waals surface area contributed by atoms with E-state index in [1.165, 1.54) is 11.0 Å². The van der Waals surface area contributed by atoms with Crippen LogP contribution in [0.4, 0.5) is 5.69 Å². The van der Waals surface area contributed by atoms with E-state index < -0.39 is 35.4 Å². The molecule has 0 radical (unpaired) electrons. The number of nitrogens with one attached hydrogen (secondary N) is 2. The quantitative estimate of drug-likeness (QED) is 0.228. The van der Waals surface area contributed by atoms with Gasteiger partial charge in [-0.2, -0.15) is 0 Å². The number of likely N-dealkylation sites (tertiary alicyclic amines) is 1. The van der Waals surface area contributed by atoms with Gasteiger partial charge in [0.25, 0.3) is 11.8 Å². The molecule has 0 saturated carbocycles. The highest BCUT2D eigenvalue weighted by molar-refractivity contribution is 6.36. The first-order valence-electron chi connectivity index (χ1n) is 15.2. The number of nitrogens with two attached hydrogens (primary N) is 1. The number of benzene rings is 3. The molecule has 3 aromatic carbocycles. The lowest BCUT2D eigenvalue weighted by Crippen LogP contribution is -2.57. The van der Waals surface area contributed by atoms with Crippen molar-refractivity contribution in [1.29, 1.82) is 0 Å². The molecule has 1 aliphatic rings. The van der Waals surface area contributed by atoms with Crippen LogP contribution in [0.15, 0.2) is 60.7 Å². The molecule has 3 amide bonds. The van der Waals surface area contributed by atoms with Crippen LogP contribution in [-0.2, 0) is 22.6 Å². The third kappa shape index (κ3) is 7.78. The summed E-state index contributed by atoms with van der Waals surface area (Å²) in [5.74, 6) is -0.897. The predicted octanol–water partition coefficient (Wildman–Crippen LogP) is 4.58. The predicted molar refractivity (Wildman–Crippen MR) is 176 cm³/mol. The summed E-state index contributed by atoms with van der Waals surface area (Å²) in [5.41, 5.74) is 9.63. The lowest BCUT2D eigenvalue weighted by Gasteiger charge is -2.34. The van der Waals surface area contributed by atoms with E-state index in [9.17, 15) is 19.5 Å². The first-order valence-corrected chi connectivity index (χ1v) is 15.6. The molecular formula is C35H43ClN4O5. The van der Waals surface area contributed by atoms with Crippen LogP contribution < -0.4 is 21.1 Å². The molecule has 0 aromatic heterocycles. The second kappa shape index (κ2) is 14.3. The highest BCUT2D eigenvalue weighted by Crippen LogP contribution is 2.37. The third-order valence-electron chi connectivity index (χ3n) is 8.55. The van der Waals surface area contributed by atoms with Crippen LogP contribution in [0, 0.1) is 19.3 Å². The maximum absolute atomic E-state index is 14.0. The van der Waals surface area contributed by atoms with E-state index in [0.717, 1.165) is 22.3 Å². The number of hydrogen-bond acceptors (Lipinski definition) is 6. The minimum atomic E-state index is -1.66. The van der Waals surface area contributed by atoms with Crippen LogP contribution in [0.2, 0.25) is 5.02 Å². The van der Waals surface area contributed by atoms with E-state index in [1.807, 2.05) is 71.0 Å². The number of carbonyl (C=O) groups excluding carboxylic acids is 3. The van der Waals surface area contributed by atoms with Gasteiger partial charge in [0.1, 0.15) is 11.8 Å². The van der Waals surface area contributed by atoms with Gasteiger partial charge in [-0.05, 0) is 85.5 Å². The number of amides is 3. The number of anilines is 1. The number of nitrogen functional groups attached to an aromatic ring is 1. The molecule has 1 saturated heterocycles. The highest BCUT2D eigenvalue weighted by Gasteiger charge is 2.49. The number of aliphatic hydroxyl groups excluding tert-OH is 1. The van der Waals surface area contributed by atoms with Gasteiger partial charge in [0.15, 0.2) is 6.10 Å². The summed E-state index contributed by atoms with van der Waals surface area (Å²) in [6, 6.07) is 16.0. The van der Waals surface area contributed by atoms with E-state index in [4.69, 9.17) is 22.1 Å².